The molecular formula is C19H19F3N2O. The van der Waals surface area contributed by atoms with Crippen LogP contribution in [-0.2, 0) is 6.18 Å². The highest BCUT2D eigenvalue weighted by Gasteiger charge is 2.37. The van der Waals surface area contributed by atoms with Crippen molar-refractivity contribution in [3.63, 3.8) is 0 Å². The van der Waals surface area contributed by atoms with Crippen LogP contribution < -0.4 is 10.1 Å². The zero-order chi connectivity index (χ0) is 17.6. The van der Waals surface area contributed by atoms with E-state index in [1.807, 2.05) is 0 Å². The van der Waals surface area contributed by atoms with Crippen LogP contribution in [0.25, 0.3) is 0 Å². The van der Waals surface area contributed by atoms with Crippen molar-refractivity contribution in [1.29, 1.82) is 0 Å². The minimum atomic E-state index is -4.35. The number of methoxy groups -OCH3 is 1. The summed E-state index contributed by atoms with van der Waals surface area (Å²) in [5, 5.41) is 3.16. The van der Waals surface area contributed by atoms with Crippen LogP contribution in [0.4, 0.5) is 24.5 Å². The third-order valence-corrected chi connectivity index (χ3v) is 5.33. The first-order valence-corrected chi connectivity index (χ1v) is 8.48. The second-order valence-electron chi connectivity index (χ2n) is 6.76. The fourth-order valence-corrected chi connectivity index (χ4v) is 4.22. The standard InChI is InChI=1S/C19H19F3N2O/c1-25-18-17-12-7-5-11(6-8-12)16(17)15(10-23-18)24-14-4-2-3-13(9-14)19(20,21)22/h2-4,9-12,24H,5-8H2,1H3. The van der Waals surface area contributed by atoms with Gasteiger partial charge < -0.3 is 10.1 Å². The summed E-state index contributed by atoms with van der Waals surface area (Å²) in [6.45, 7) is 0. The van der Waals surface area contributed by atoms with Crippen molar-refractivity contribution in [3.8, 4) is 5.88 Å². The van der Waals surface area contributed by atoms with Crippen molar-refractivity contribution in [3.05, 3.63) is 47.2 Å². The molecule has 3 aliphatic carbocycles. The Bertz CT molecular complexity index is 796. The Kier molecular flexibility index (Phi) is 3.85. The lowest BCUT2D eigenvalue weighted by Gasteiger charge is -2.39. The molecule has 1 N–H and O–H groups in total. The second-order valence-corrected chi connectivity index (χ2v) is 6.76. The van der Waals surface area contributed by atoms with Gasteiger partial charge in [-0.15, -0.1) is 0 Å². The Balaban J connectivity index is 1.74. The summed E-state index contributed by atoms with van der Waals surface area (Å²) >= 11 is 0. The third kappa shape index (κ3) is 2.83. The highest BCUT2D eigenvalue weighted by Crippen LogP contribution is 2.54. The van der Waals surface area contributed by atoms with Gasteiger partial charge in [-0.05, 0) is 61.3 Å². The molecular weight excluding hydrogens is 329 g/mol. The zero-order valence-corrected chi connectivity index (χ0v) is 13.9. The smallest absolute Gasteiger partial charge is 0.416 e. The number of hydrogen-bond donors (Lipinski definition) is 1. The summed E-state index contributed by atoms with van der Waals surface area (Å²) in [5.74, 6) is 1.51. The highest BCUT2D eigenvalue weighted by molar-refractivity contribution is 5.68. The lowest BCUT2D eigenvalue weighted by molar-refractivity contribution is -0.137. The maximum absolute atomic E-state index is 12.9. The van der Waals surface area contributed by atoms with Crippen LogP contribution in [0.3, 0.4) is 0 Å². The van der Waals surface area contributed by atoms with E-state index in [2.05, 4.69) is 10.3 Å². The van der Waals surface area contributed by atoms with E-state index in [0.717, 1.165) is 49.1 Å². The number of alkyl halides is 3. The zero-order valence-electron chi connectivity index (χ0n) is 13.9. The molecule has 0 aliphatic heterocycles. The molecule has 0 spiro atoms. The summed E-state index contributed by atoms with van der Waals surface area (Å²) < 4.78 is 44.3. The maximum atomic E-state index is 12.9. The van der Waals surface area contributed by atoms with E-state index in [1.54, 1.807) is 19.4 Å². The predicted octanol–water partition coefficient (Wildman–Crippen LogP) is 5.61. The Labute approximate surface area is 144 Å². The third-order valence-electron chi connectivity index (χ3n) is 5.33. The molecule has 0 atom stereocenters. The fraction of sp³-hybridized carbons (Fsp3) is 0.421. The summed E-state index contributed by atoms with van der Waals surface area (Å²) in [5.41, 5.74) is 2.87. The van der Waals surface area contributed by atoms with Crippen molar-refractivity contribution in [1.82, 2.24) is 4.98 Å². The van der Waals surface area contributed by atoms with Crippen molar-refractivity contribution in [2.24, 2.45) is 0 Å². The lowest BCUT2D eigenvalue weighted by atomic mass is 9.67. The number of fused-ring (bicyclic) bond motifs is 2. The Hall–Kier alpha value is -2.24. The molecule has 6 heteroatoms. The number of halogens is 3. The van der Waals surface area contributed by atoms with Crippen LogP contribution in [0.15, 0.2) is 30.5 Å². The molecule has 1 heterocycles. The largest absolute Gasteiger partial charge is 0.481 e. The van der Waals surface area contributed by atoms with E-state index in [-0.39, 0.29) is 0 Å². The molecule has 0 amide bonds. The number of anilines is 2. The second kappa shape index (κ2) is 5.93. The maximum Gasteiger partial charge on any atom is 0.416 e. The average molecular weight is 348 g/mol. The topological polar surface area (TPSA) is 34.1 Å². The Morgan fingerprint density at radius 1 is 1.08 bits per heavy atom. The molecule has 25 heavy (non-hydrogen) atoms. The van der Waals surface area contributed by atoms with Crippen LogP contribution in [-0.4, -0.2) is 12.1 Å². The summed E-state index contributed by atoms with van der Waals surface area (Å²) in [4.78, 5) is 4.39. The SMILES string of the molecule is COc1ncc(Nc2cccc(C(F)(F)F)c2)c2c1C1CCC2CC1. The first-order chi connectivity index (χ1) is 12.0. The molecule has 3 nitrogen and oxygen atoms in total. The van der Waals surface area contributed by atoms with E-state index in [0.29, 0.717) is 23.4 Å². The van der Waals surface area contributed by atoms with E-state index >= 15 is 0 Å². The number of aromatic nitrogens is 1. The van der Waals surface area contributed by atoms with Gasteiger partial charge in [0.05, 0.1) is 24.6 Å². The van der Waals surface area contributed by atoms with Gasteiger partial charge in [-0.25, -0.2) is 4.98 Å². The van der Waals surface area contributed by atoms with Crippen molar-refractivity contribution in [2.75, 3.05) is 12.4 Å². The number of ether oxygens (including phenoxy) is 1. The predicted molar refractivity (Wildman–Crippen MR) is 89.5 cm³/mol. The van der Waals surface area contributed by atoms with Gasteiger partial charge in [0.25, 0.3) is 0 Å². The molecule has 1 saturated carbocycles. The summed E-state index contributed by atoms with van der Waals surface area (Å²) in [7, 11) is 1.62. The van der Waals surface area contributed by atoms with Crippen molar-refractivity contribution in [2.45, 2.75) is 43.7 Å². The van der Waals surface area contributed by atoms with Gasteiger partial charge in [0.1, 0.15) is 0 Å². The first kappa shape index (κ1) is 16.2. The number of pyridine rings is 1. The van der Waals surface area contributed by atoms with Gasteiger partial charge in [-0.2, -0.15) is 13.2 Å². The summed E-state index contributed by atoms with van der Waals surface area (Å²) in [6, 6.07) is 5.28. The van der Waals surface area contributed by atoms with Crippen molar-refractivity contribution < 1.29 is 17.9 Å². The van der Waals surface area contributed by atoms with Gasteiger partial charge in [0, 0.05) is 11.3 Å². The summed E-state index contributed by atoms with van der Waals surface area (Å²) in [6.07, 6.45) is 1.81. The molecule has 0 unspecified atom stereocenters. The molecule has 5 rings (SSSR count). The molecule has 0 saturated heterocycles. The Morgan fingerprint density at radius 3 is 2.40 bits per heavy atom. The van der Waals surface area contributed by atoms with Crippen LogP contribution >= 0.6 is 0 Å². The molecule has 2 bridgehead atoms. The minimum absolute atomic E-state index is 0.421. The molecule has 1 aromatic heterocycles. The monoisotopic (exact) mass is 348 g/mol. The van der Waals surface area contributed by atoms with Crippen LogP contribution in [0, 0.1) is 0 Å². The molecule has 1 fully saturated rings. The quantitative estimate of drug-likeness (QED) is 0.783. The molecule has 1 aromatic carbocycles. The fourth-order valence-electron chi connectivity index (χ4n) is 4.22. The van der Waals surface area contributed by atoms with Gasteiger partial charge in [0.15, 0.2) is 0 Å². The molecule has 0 radical (unpaired) electrons. The van der Waals surface area contributed by atoms with Gasteiger partial charge in [0.2, 0.25) is 5.88 Å². The highest BCUT2D eigenvalue weighted by atomic mass is 19.4. The number of hydrogen-bond acceptors (Lipinski definition) is 3. The van der Waals surface area contributed by atoms with Gasteiger partial charge >= 0.3 is 6.18 Å². The number of benzene rings is 1. The van der Waals surface area contributed by atoms with Crippen molar-refractivity contribution >= 4 is 11.4 Å². The number of nitrogens with zero attached hydrogens (tertiary/aromatic N) is 1. The van der Waals surface area contributed by atoms with E-state index in [9.17, 15) is 13.2 Å². The molecule has 132 valence electrons. The molecule has 2 aromatic rings. The van der Waals surface area contributed by atoms with E-state index in [4.69, 9.17) is 4.74 Å². The van der Waals surface area contributed by atoms with Gasteiger partial charge in [-0.3, -0.25) is 0 Å². The number of nitrogens with one attached hydrogen (secondary N) is 1. The van der Waals surface area contributed by atoms with Crippen LogP contribution in [0.1, 0.15) is 54.2 Å². The lowest BCUT2D eigenvalue weighted by Crippen LogP contribution is -2.24. The van der Waals surface area contributed by atoms with Gasteiger partial charge in [-0.1, -0.05) is 6.07 Å². The van der Waals surface area contributed by atoms with Crippen LogP contribution in [0.5, 0.6) is 5.88 Å². The average Bonchev–Trinajstić information content (AvgIpc) is 2.62. The van der Waals surface area contributed by atoms with E-state index in [1.165, 1.54) is 11.6 Å². The minimum Gasteiger partial charge on any atom is -0.481 e. The molecule has 3 aliphatic rings. The number of rotatable bonds is 3. The van der Waals surface area contributed by atoms with Crippen LogP contribution in [0.2, 0.25) is 0 Å². The first-order valence-electron chi connectivity index (χ1n) is 8.48. The normalized spacial score (nSPS) is 21.8. The van der Waals surface area contributed by atoms with E-state index < -0.39 is 11.7 Å². The Morgan fingerprint density at radius 2 is 1.76 bits per heavy atom.